The van der Waals surface area contributed by atoms with Crippen LogP contribution in [0.1, 0.15) is 18.9 Å². The molecule has 0 aromatic heterocycles. The first-order chi connectivity index (χ1) is 10.8. The van der Waals surface area contributed by atoms with Gasteiger partial charge in [0.25, 0.3) is 0 Å². The number of carboxylic acids is 1. The second-order valence-electron chi connectivity index (χ2n) is 5.00. The van der Waals surface area contributed by atoms with E-state index in [2.05, 4.69) is 10.6 Å². The van der Waals surface area contributed by atoms with E-state index in [1.807, 2.05) is 6.07 Å². The largest absolute Gasteiger partial charge is 0.481 e. The second kappa shape index (κ2) is 8.52. The summed E-state index contributed by atoms with van der Waals surface area (Å²) in [4.78, 5) is 45.5. The fraction of sp³-hybridized carbons (Fsp3) is 0.333. The molecular weight excluding hydrogens is 302 g/mol. The number of aliphatic carboxylic acids is 1. The molecule has 1 aromatic rings. The molecule has 0 aliphatic rings. The molecule has 1 rings (SSSR count). The minimum absolute atomic E-state index is 0.199. The highest BCUT2D eigenvalue weighted by Gasteiger charge is 2.26. The number of benzene rings is 1. The third kappa shape index (κ3) is 6.60. The summed E-state index contributed by atoms with van der Waals surface area (Å²) in [7, 11) is 0. The molecule has 23 heavy (non-hydrogen) atoms. The number of primary amides is 1. The van der Waals surface area contributed by atoms with Gasteiger partial charge in [-0.1, -0.05) is 30.3 Å². The molecule has 5 N–H and O–H groups in total. The maximum Gasteiger partial charge on any atom is 0.305 e. The standard InChI is InChI=1S/C15H19N3O5/c1-9(19)17-12(7-10-5-3-2-4-6-10)15(23)18-11(14(16)22)8-13(20)21/h2-6,11-12H,7-8H2,1H3,(H2,16,22)(H,17,19)(H,18,23)(H,20,21)/t11-,12+/m0/s1. The van der Waals surface area contributed by atoms with E-state index in [4.69, 9.17) is 10.8 Å². The fourth-order valence-corrected chi connectivity index (χ4v) is 1.97. The number of hydrogen-bond acceptors (Lipinski definition) is 4. The topological polar surface area (TPSA) is 139 Å². The molecule has 0 heterocycles. The van der Waals surface area contributed by atoms with Crippen LogP contribution in [-0.2, 0) is 25.6 Å². The molecule has 8 heteroatoms. The second-order valence-corrected chi connectivity index (χ2v) is 5.00. The predicted octanol–water partition coefficient (Wildman–Crippen LogP) is -0.821. The van der Waals surface area contributed by atoms with Gasteiger partial charge in [0.15, 0.2) is 0 Å². The van der Waals surface area contributed by atoms with Crippen LogP contribution in [0.5, 0.6) is 0 Å². The minimum Gasteiger partial charge on any atom is -0.481 e. The highest BCUT2D eigenvalue weighted by Crippen LogP contribution is 2.04. The molecule has 124 valence electrons. The van der Waals surface area contributed by atoms with E-state index >= 15 is 0 Å². The molecule has 3 amide bonds. The van der Waals surface area contributed by atoms with Gasteiger partial charge in [0.2, 0.25) is 17.7 Å². The Labute approximate surface area is 133 Å². The summed E-state index contributed by atoms with van der Waals surface area (Å²) in [5, 5.41) is 13.5. The Hall–Kier alpha value is -2.90. The Morgan fingerprint density at radius 3 is 2.17 bits per heavy atom. The number of nitrogens with one attached hydrogen (secondary N) is 2. The lowest BCUT2D eigenvalue weighted by molar-refractivity contribution is -0.140. The zero-order valence-corrected chi connectivity index (χ0v) is 12.6. The molecule has 0 radical (unpaired) electrons. The zero-order chi connectivity index (χ0) is 17.4. The Morgan fingerprint density at radius 1 is 1.09 bits per heavy atom. The Kier molecular flexibility index (Phi) is 6.72. The molecule has 8 nitrogen and oxygen atoms in total. The SMILES string of the molecule is CC(=O)N[C@H](Cc1ccccc1)C(=O)N[C@@H](CC(=O)O)C(N)=O. The van der Waals surface area contributed by atoms with Crippen molar-refractivity contribution in [1.82, 2.24) is 10.6 Å². The first-order valence-corrected chi connectivity index (χ1v) is 6.92. The van der Waals surface area contributed by atoms with Crippen molar-refractivity contribution in [2.75, 3.05) is 0 Å². The van der Waals surface area contributed by atoms with Gasteiger partial charge >= 0.3 is 5.97 Å². The Bertz CT molecular complexity index is 588. The summed E-state index contributed by atoms with van der Waals surface area (Å²) >= 11 is 0. The lowest BCUT2D eigenvalue weighted by atomic mass is 10.0. The van der Waals surface area contributed by atoms with Crippen LogP contribution in [0.25, 0.3) is 0 Å². The summed E-state index contributed by atoms with van der Waals surface area (Å²) in [5.74, 6) is -3.32. The summed E-state index contributed by atoms with van der Waals surface area (Å²) in [6.07, 6.45) is -0.427. The van der Waals surface area contributed by atoms with Crippen molar-refractivity contribution in [2.24, 2.45) is 5.73 Å². The molecule has 1 aromatic carbocycles. The van der Waals surface area contributed by atoms with E-state index in [1.54, 1.807) is 24.3 Å². The monoisotopic (exact) mass is 321 g/mol. The smallest absolute Gasteiger partial charge is 0.305 e. The average Bonchev–Trinajstić information content (AvgIpc) is 2.45. The van der Waals surface area contributed by atoms with Crippen molar-refractivity contribution in [3.05, 3.63) is 35.9 Å². The van der Waals surface area contributed by atoms with Crippen molar-refractivity contribution < 1.29 is 24.3 Å². The minimum atomic E-state index is -1.34. The van der Waals surface area contributed by atoms with Crippen LogP contribution in [0, 0.1) is 0 Å². The van der Waals surface area contributed by atoms with Crippen molar-refractivity contribution >= 4 is 23.7 Å². The average molecular weight is 321 g/mol. The normalized spacial score (nSPS) is 12.7. The molecule has 0 saturated heterocycles. The molecular formula is C15H19N3O5. The first kappa shape index (κ1) is 18.1. The fourth-order valence-electron chi connectivity index (χ4n) is 1.97. The number of carbonyl (C=O) groups is 4. The predicted molar refractivity (Wildman–Crippen MR) is 81.1 cm³/mol. The van der Waals surface area contributed by atoms with E-state index in [9.17, 15) is 19.2 Å². The van der Waals surface area contributed by atoms with Crippen LogP contribution >= 0.6 is 0 Å². The van der Waals surface area contributed by atoms with Gasteiger partial charge in [0.05, 0.1) is 6.42 Å². The molecule has 0 spiro atoms. The van der Waals surface area contributed by atoms with Crippen molar-refractivity contribution in [3.63, 3.8) is 0 Å². The summed E-state index contributed by atoms with van der Waals surface area (Å²) in [5.41, 5.74) is 5.88. The Balaban J connectivity index is 2.83. The van der Waals surface area contributed by atoms with E-state index in [0.717, 1.165) is 5.56 Å². The van der Waals surface area contributed by atoms with Crippen LogP contribution in [0.3, 0.4) is 0 Å². The van der Waals surface area contributed by atoms with E-state index < -0.39 is 42.2 Å². The molecule has 0 fully saturated rings. The summed E-state index contributed by atoms with van der Waals surface area (Å²) in [6, 6.07) is 6.67. The highest BCUT2D eigenvalue weighted by molar-refractivity contribution is 5.93. The number of carboxylic acid groups (broad SMARTS) is 1. The van der Waals surface area contributed by atoms with Crippen LogP contribution in [-0.4, -0.2) is 40.9 Å². The van der Waals surface area contributed by atoms with E-state index in [-0.39, 0.29) is 6.42 Å². The zero-order valence-electron chi connectivity index (χ0n) is 12.6. The van der Waals surface area contributed by atoms with Gasteiger partial charge < -0.3 is 21.5 Å². The van der Waals surface area contributed by atoms with Crippen LogP contribution in [0.15, 0.2) is 30.3 Å². The van der Waals surface area contributed by atoms with Crippen molar-refractivity contribution in [3.8, 4) is 0 Å². The van der Waals surface area contributed by atoms with Crippen molar-refractivity contribution in [1.29, 1.82) is 0 Å². The quantitative estimate of drug-likeness (QED) is 0.495. The summed E-state index contributed by atoms with van der Waals surface area (Å²) in [6.45, 7) is 1.26. The molecule has 0 aliphatic carbocycles. The van der Waals surface area contributed by atoms with E-state index in [0.29, 0.717) is 0 Å². The maximum absolute atomic E-state index is 12.3. The van der Waals surface area contributed by atoms with Crippen LogP contribution < -0.4 is 16.4 Å². The number of nitrogens with two attached hydrogens (primary N) is 1. The third-order valence-corrected chi connectivity index (χ3v) is 3.02. The summed E-state index contributed by atoms with van der Waals surface area (Å²) < 4.78 is 0. The van der Waals surface area contributed by atoms with Crippen molar-refractivity contribution in [2.45, 2.75) is 31.8 Å². The van der Waals surface area contributed by atoms with Gasteiger partial charge in [-0.15, -0.1) is 0 Å². The van der Waals surface area contributed by atoms with Gasteiger partial charge in [-0.3, -0.25) is 19.2 Å². The number of hydrogen-bond donors (Lipinski definition) is 4. The molecule has 2 atom stereocenters. The lowest BCUT2D eigenvalue weighted by Gasteiger charge is -2.20. The first-order valence-electron chi connectivity index (χ1n) is 6.92. The number of carbonyl (C=O) groups excluding carboxylic acids is 3. The van der Waals surface area contributed by atoms with Gasteiger partial charge in [0.1, 0.15) is 12.1 Å². The molecule has 0 saturated carbocycles. The van der Waals surface area contributed by atoms with Crippen LogP contribution in [0.2, 0.25) is 0 Å². The lowest BCUT2D eigenvalue weighted by Crippen LogP contribution is -2.53. The number of amides is 3. The third-order valence-electron chi connectivity index (χ3n) is 3.02. The van der Waals surface area contributed by atoms with E-state index in [1.165, 1.54) is 6.92 Å². The molecule has 0 unspecified atom stereocenters. The van der Waals surface area contributed by atoms with Gasteiger partial charge in [-0.05, 0) is 5.56 Å². The van der Waals surface area contributed by atoms with Gasteiger partial charge in [0, 0.05) is 13.3 Å². The molecule has 0 aliphatic heterocycles. The maximum atomic E-state index is 12.3. The van der Waals surface area contributed by atoms with Gasteiger partial charge in [-0.2, -0.15) is 0 Å². The Morgan fingerprint density at radius 2 is 1.70 bits per heavy atom. The van der Waals surface area contributed by atoms with Crippen LogP contribution in [0.4, 0.5) is 0 Å². The van der Waals surface area contributed by atoms with Gasteiger partial charge in [-0.25, -0.2) is 0 Å². The highest BCUT2D eigenvalue weighted by atomic mass is 16.4. The molecule has 0 bridgehead atoms. The number of rotatable bonds is 8.